The summed E-state index contributed by atoms with van der Waals surface area (Å²) in [7, 11) is 0. The molecule has 0 aliphatic heterocycles. The Bertz CT molecular complexity index is 2590. The van der Waals surface area contributed by atoms with Gasteiger partial charge in [0.05, 0.1) is 33.4 Å². The molecule has 3 heterocycles. The van der Waals surface area contributed by atoms with Gasteiger partial charge in [-0.3, -0.25) is 4.98 Å². The number of nitrogen functional groups attached to an aromatic ring is 1. The van der Waals surface area contributed by atoms with E-state index in [2.05, 4.69) is 162 Å². The summed E-state index contributed by atoms with van der Waals surface area (Å²) in [5.41, 5.74) is 19.9. The van der Waals surface area contributed by atoms with Gasteiger partial charge in [0, 0.05) is 44.7 Å². The van der Waals surface area contributed by atoms with E-state index in [0.29, 0.717) is 0 Å². The van der Waals surface area contributed by atoms with Gasteiger partial charge in [-0.05, 0) is 60.0 Å². The lowest BCUT2D eigenvalue weighted by molar-refractivity contribution is 1.13. The van der Waals surface area contributed by atoms with Gasteiger partial charge in [0.15, 0.2) is 0 Å². The minimum atomic E-state index is 0.803. The van der Waals surface area contributed by atoms with Gasteiger partial charge in [-0.1, -0.05) is 109 Å². The van der Waals surface area contributed by atoms with Crippen LogP contribution in [0.25, 0.3) is 77.4 Å². The van der Waals surface area contributed by atoms with E-state index >= 15 is 0 Å². The van der Waals surface area contributed by atoms with Crippen molar-refractivity contribution in [3.63, 3.8) is 0 Å². The number of nitrogens with zero attached hydrogens (tertiary/aromatic N) is 3. The molecule has 0 saturated heterocycles. The number of fused-ring (bicyclic) bond motifs is 6. The number of aryl methyl sites for hydroxylation is 1. The average molecular weight is 591 g/mol. The van der Waals surface area contributed by atoms with E-state index in [4.69, 9.17) is 10.7 Å². The summed E-state index contributed by atoms with van der Waals surface area (Å²) in [5, 5.41) is 4.56. The first-order valence-electron chi connectivity index (χ1n) is 15.6. The third kappa shape index (κ3) is 3.90. The van der Waals surface area contributed by atoms with Crippen LogP contribution in [0.3, 0.4) is 0 Å². The minimum Gasteiger partial charge on any atom is -0.396 e. The molecule has 4 nitrogen and oxygen atoms in total. The predicted octanol–water partition coefficient (Wildman–Crippen LogP) is 10.5. The molecule has 0 bridgehead atoms. The molecule has 0 amide bonds. The zero-order chi connectivity index (χ0) is 30.8. The van der Waals surface area contributed by atoms with E-state index in [1.807, 2.05) is 6.20 Å². The number of para-hydroxylation sites is 2. The predicted molar refractivity (Wildman–Crippen MR) is 193 cm³/mol. The molecule has 6 aromatic carbocycles. The van der Waals surface area contributed by atoms with Crippen LogP contribution in [-0.4, -0.2) is 14.1 Å². The topological polar surface area (TPSA) is 48.8 Å². The van der Waals surface area contributed by atoms with Crippen molar-refractivity contribution in [3.05, 3.63) is 157 Å². The highest BCUT2D eigenvalue weighted by atomic mass is 15.0. The Balaban J connectivity index is 1.14. The second-order valence-corrected chi connectivity index (χ2v) is 11.9. The lowest BCUT2D eigenvalue weighted by Gasteiger charge is -2.15. The van der Waals surface area contributed by atoms with Crippen molar-refractivity contribution in [2.45, 2.75) is 6.92 Å². The molecule has 218 valence electrons. The largest absolute Gasteiger partial charge is 0.396 e. The maximum atomic E-state index is 6.83. The Kier molecular flexibility index (Phi) is 5.84. The molecule has 0 spiro atoms. The number of benzene rings is 6. The van der Waals surface area contributed by atoms with Crippen LogP contribution in [0.15, 0.2) is 152 Å². The van der Waals surface area contributed by atoms with Gasteiger partial charge in [0.1, 0.15) is 0 Å². The Morgan fingerprint density at radius 1 is 0.522 bits per heavy atom. The first-order valence-corrected chi connectivity index (χ1v) is 15.6. The summed E-state index contributed by atoms with van der Waals surface area (Å²) in [6, 6.07) is 51.5. The van der Waals surface area contributed by atoms with Crippen LogP contribution in [0.2, 0.25) is 0 Å². The molecule has 3 aromatic heterocycles. The van der Waals surface area contributed by atoms with Gasteiger partial charge in [0.2, 0.25) is 0 Å². The van der Waals surface area contributed by atoms with Gasteiger partial charge in [-0.15, -0.1) is 0 Å². The Morgan fingerprint density at radius 2 is 1.07 bits per heavy atom. The maximum Gasteiger partial charge on any atom is 0.0970 e. The normalized spacial score (nSPS) is 11.7. The number of anilines is 1. The number of aromatic nitrogens is 3. The monoisotopic (exact) mass is 590 g/mol. The molecular formula is C42H30N4. The molecular weight excluding hydrogens is 560 g/mol. The van der Waals surface area contributed by atoms with Crippen LogP contribution >= 0.6 is 0 Å². The summed E-state index contributed by atoms with van der Waals surface area (Å²) in [4.78, 5) is 4.90. The van der Waals surface area contributed by atoms with Gasteiger partial charge < -0.3 is 14.9 Å². The molecule has 0 atom stereocenters. The van der Waals surface area contributed by atoms with Gasteiger partial charge in [0.25, 0.3) is 0 Å². The van der Waals surface area contributed by atoms with Crippen LogP contribution in [0.1, 0.15) is 5.56 Å². The van der Waals surface area contributed by atoms with Crippen molar-refractivity contribution in [2.75, 3.05) is 5.73 Å². The highest BCUT2D eigenvalue weighted by molar-refractivity contribution is 6.16. The summed E-state index contributed by atoms with van der Waals surface area (Å²) < 4.78 is 4.64. The van der Waals surface area contributed by atoms with E-state index in [-0.39, 0.29) is 0 Å². The Labute approximate surface area is 266 Å². The van der Waals surface area contributed by atoms with E-state index in [1.165, 1.54) is 10.9 Å². The number of rotatable bonds is 4. The highest BCUT2D eigenvalue weighted by Crippen LogP contribution is 2.40. The van der Waals surface area contributed by atoms with Crippen molar-refractivity contribution in [1.82, 2.24) is 14.1 Å². The van der Waals surface area contributed by atoms with E-state index in [9.17, 15) is 0 Å². The van der Waals surface area contributed by atoms with Crippen LogP contribution in [-0.2, 0) is 0 Å². The Morgan fingerprint density at radius 3 is 1.76 bits per heavy atom. The SMILES string of the molecule is Cc1ccccc1-c1c(N)c2ccccc2n1-c1ccc(-c2ccc(-n3c4ccccc4c4ncc5ccccc5c43)cc2)cc1. The quantitative estimate of drug-likeness (QED) is 0.222. The number of nitrogens with two attached hydrogens (primary N) is 1. The van der Waals surface area contributed by atoms with Gasteiger partial charge >= 0.3 is 0 Å². The molecule has 0 fully saturated rings. The molecule has 0 radical (unpaired) electrons. The lowest BCUT2D eigenvalue weighted by Crippen LogP contribution is -1.99. The van der Waals surface area contributed by atoms with Crippen LogP contribution < -0.4 is 5.73 Å². The molecule has 9 aromatic rings. The Hall–Kier alpha value is -6.13. The fourth-order valence-corrected chi connectivity index (χ4v) is 7.07. The number of hydrogen-bond acceptors (Lipinski definition) is 2. The first kappa shape index (κ1) is 26.3. The molecule has 2 N–H and O–H groups in total. The zero-order valence-electron chi connectivity index (χ0n) is 25.4. The third-order valence-corrected chi connectivity index (χ3v) is 9.30. The number of hydrogen-bond donors (Lipinski definition) is 1. The third-order valence-electron chi connectivity index (χ3n) is 9.30. The molecule has 0 unspecified atom stereocenters. The zero-order valence-corrected chi connectivity index (χ0v) is 25.4. The molecule has 0 saturated carbocycles. The molecule has 46 heavy (non-hydrogen) atoms. The number of pyridine rings is 1. The lowest BCUT2D eigenvalue weighted by atomic mass is 10.0. The standard InChI is InChI=1S/C42H30N4/c1-27-10-2-4-12-33(27)41-39(43)35-14-6-8-16-37(35)45(41)31-22-18-28(19-23-31)29-20-24-32(25-21-29)46-38-17-9-7-15-36(38)40-42(46)34-13-5-3-11-30(34)26-44-40/h2-26H,43H2,1H3. The second kappa shape index (κ2) is 10.2. The molecule has 0 aliphatic carbocycles. The first-order chi connectivity index (χ1) is 22.7. The van der Waals surface area contributed by atoms with E-state index in [1.54, 1.807) is 0 Å². The summed E-state index contributed by atoms with van der Waals surface area (Å²) in [6.45, 7) is 2.14. The fourth-order valence-electron chi connectivity index (χ4n) is 7.07. The summed E-state index contributed by atoms with van der Waals surface area (Å²) >= 11 is 0. The van der Waals surface area contributed by atoms with Crippen LogP contribution in [0.4, 0.5) is 5.69 Å². The smallest absolute Gasteiger partial charge is 0.0970 e. The van der Waals surface area contributed by atoms with Crippen molar-refractivity contribution < 1.29 is 0 Å². The van der Waals surface area contributed by atoms with E-state index in [0.717, 1.165) is 77.7 Å². The van der Waals surface area contributed by atoms with Crippen molar-refractivity contribution >= 4 is 49.3 Å². The van der Waals surface area contributed by atoms with Gasteiger partial charge in [-0.2, -0.15) is 0 Å². The summed E-state index contributed by atoms with van der Waals surface area (Å²) in [5.74, 6) is 0. The second-order valence-electron chi connectivity index (χ2n) is 11.9. The van der Waals surface area contributed by atoms with E-state index < -0.39 is 0 Å². The van der Waals surface area contributed by atoms with Crippen molar-refractivity contribution in [2.24, 2.45) is 0 Å². The van der Waals surface area contributed by atoms with Crippen molar-refractivity contribution in [1.29, 1.82) is 0 Å². The fraction of sp³-hybridized carbons (Fsp3) is 0.0238. The van der Waals surface area contributed by atoms with Crippen molar-refractivity contribution in [3.8, 4) is 33.8 Å². The molecule has 4 heteroatoms. The molecule has 9 rings (SSSR count). The average Bonchev–Trinajstić information content (AvgIpc) is 3.61. The minimum absolute atomic E-state index is 0.803. The highest BCUT2D eigenvalue weighted by Gasteiger charge is 2.19. The van der Waals surface area contributed by atoms with Crippen LogP contribution in [0, 0.1) is 6.92 Å². The molecule has 0 aliphatic rings. The summed E-state index contributed by atoms with van der Waals surface area (Å²) in [6.07, 6.45) is 1.98. The maximum absolute atomic E-state index is 6.83. The van der Waals surface area contributed by atoms with Crippen LogP contribution in [0.5, 0.6) is 0 Å². The van der Waals surface area contributed by atoms with Gasteiger partial charge in [-0.25, -0.2) is 0 Å².